The first kappa shape index (κ1) is 22.0. The Labute approximate surface area is 191 Å². The molecule has 0 aliphatic heterocycles. The lowest BCUT2D eigenvalue weighted by Crippen LogP contribution is -2.14. The van der Waals surface area contributed by atoms with Gasteiger partial charge in [0.05, 0.1) is 17.7 Å². The monoisotopic (exact) mass is 424 g/mol. The highest BCUT2D eigenvalue weighted by Crippen LogP contribution is 2.38. The van der Waals surface area contributed by atoms with Gasteiger partial charge in [-0.05, 0) is 41.7 Å². The minimum atomic E-state index is -0.0741. The van der Waals surface area contributed by atoms with E-state index in [1.807, 2.05) is 12.2 Å². The van der Waals surface area contributed by atoms with Crippen LogP contribution in [0.25, 0.3) is 16.8 Å². The average Bonchev–Trinajstić information content (AvgIpc) is 3.23. The van der Waals surface area contributed by atoms with E-state index in [-0.39, 0.29) is 5.92 Å². The van der Waals surface area contributed by atoms with Crippen molar-refractivity contribution in [2.45, 2.75) is 59.3 Å². The van der Waals surface area contributed by atoms with E-state index in [2.05, 4.69) is 87.8 Å². The molecule has 4 rings (SSSR count). The van der Waals surface area contributed by atoms with E-state index in [0.29, 0.717) is 24.2 Å². The van der Waals surface area contributed by atoms with Crippen LogP contribution in [0.2, 0.25) is 0 Å². The second kappa shape index (κ2) is 9.12. The second-order valence-electron chi connectivity index (χ2n) is 9.45. The van der Waals surface area contributed by atoms with Gasteiger partial charge in [0.2, 0.25) is 0 Å². The Hall–Kier alpha value is -3.19. The van der Waals surface area contributed by atoms with Crippen molar-refractivity contribution < 1.29 is 0 Å². The average molecular weight is 425 g/mol. The third-order valence-corrected chi connectivity index (χ3v) is 6.44. The van der Waals surface area contributed by atoms with Crippen molar-refractivity contribution in [1.29, 1.82) is 5.26 Å². The van der Waals surface area contributed by atoms with E-state index in [9.17, 15) is 5.26 Å². The lowest BCUT2D eigenvalue weighted by molar-refractivity contribution is 0.738. The number of aromatic nitrogens is 3. The molecular weight excluding hydrogens is 392 g/mol. The van der Waals surface area contributed by atoms with Crippen LogP contribution in [0.15, 0.2) is 54.7 Å². The molecule has 4 nitrogen and oxygen atoms in total. The largest absolute Gasteiger partial charge is 0.275 e. The SMILES string of the molecule is CC(C)c1cccc(C(C)C)c1-n1c(C2=CC[C@H](C#N)C=C2)nnc1C1=CC=CC[C@@H]1C. The maximum atomic E-state index is 9.30. The Balaban J connectivity index is 2.01. The van der Waals surface area contributed by atoms with Gasteiger partial charge < -0.3 is 0 Å². The van der Waals surface area contributed by atoms with Crippen LogP contribution in [0.5, 0.6) is 0 Å². The third-order valence-electron chi connectivity index (χ3n) is 6.44. The minimum Gasteiger partial charge on any atom is -0.275 e. The summed E-state index contributed by atoms with van der Waals surface area (Å²) in [5.74, 6) is 2.80. The summed E-state index contributed by atoms with van der Waals surface area (Å²) in [4.78, 5) is 0. The van der Waals surface area contributed by atoms with Crippen molar-refractivity contribution in [1.82, 2.24) is 14.8 Å². The van der Waals surface area contributed by atoms with Gasteiger partial charge in [-0.25, -0.2) is 0 Å². The van der Waals surface area contributed by atoms with Gasteiger partial charge in [-0.1, -0.05) is 89.3 Å². The van der Waals surface area contributed by atoms with Crippen LogP contribution in [-0.4, -0.2) is 14.8 Å². The first-order valence-corrected chi connectivity index (χ1v) is 11.7. The Kier molecular flexibility index (Phi) is 6.28. The molecule has 0 radical (unpaired) electrons. The van der Waals surface area contributed by atoms with Crippen LogP contribution < -0.4 is 0 Å². The Morgan fingerprint density at radius 2 is 1.72 bits per heavy atom. The molecule has 1 aromatic carbocycles. The Morgan fingerprint density at radius 1 is 1.03 bits per heavy atom. The second-order valence-corrected chi connectivity index (χ2v) is 9.45. The van der Waals surface area contributed by atoms with Gasteiger partial charge in [0.15, 0.2) is 11.6 Å². The van der Waals surface area contributed by atoms with E-state index in [1.165, 1.54) is 22.4 Å². The molecule has 4 heteroatoms. The molecule has 1 heterocycles. The smallest absolute Gasteiger partial charge is 0.168 e. The molecular formula is C28H32N4. The number of benzene rings is 1. The highest BCUT2D eigenvalue weighted by Gasteiger charge is 2.27. The molecule has 0 N–H and O–H groups in total. The zero-order valence-electron chi connectivity index (χ0n) is 19.7. The number of nitrogens with zero attached hydrogens (tertiary/aromatic N) is 4. The summed E-state index contributed by atoms with van der Waals surface area (Å²) in [6.07, 6.45) is 14.4. The van der Waals surface area contributed by atoms with Gasteiger partial charge >= 0.3 is 0 Å². The minimum absolute atomic E-state index is 0.0741. The van der Waals surface area contributed by atoms with Crippen molar-refractivity contribution >= 4 is 11.1 Å². The maximum absolute atomic E-state index is 9.30. The van der Waals surface area contributed by atoms with Gasteiger partial charge in [0, 0.05) is 11.1 Å². The Morgan fingerprint density at radius 3 is 2.28 bits per heavy atom. The van der Waals surface area contributed by atoms with Crippen LogP contribution in [0, 0.1) is 23.2 Å². The summed E-state index contributed by atoms with van der Waals surface area (Å²) >= 11 is 0. The molecule has 32 heavy (non-hydrogen) atoms. The molecule has 2 aliphatic carbocycles. The maximum Gasteiger partial charge on any atom is 0.168 e. The molecule has 1 aromatic heterocycles. The van der Waals surface area contributed by atoms with Crippen molar-refractivity contribution in [2.75, 3.05) is 0 Å². The van der Waals surface area contributed by atoms with Gasteiger partial charge in [0.1, 0.15) is 0 Å². The molecule has 0 unspecified atom stereocenters. The van der Waals surface area contributed by atoms with Crippen LogP contribution in [0.4, 0.5) is 0 Å². The zero-order valence-corrected chi connectivity index (χ0v) is 19.7. The molecule has 0 bridgehead atoms. The lowest BCUT2D eigenvalue weighted by Gasteiger charge is -2.25. The van der Waals surface area contributed by atoms with Crippen LogP contribution in [0.1, 0.15) is 82.1 Å². The zero-order chi connectivity index (χ0) is 22.8. The van der Waals surface area contributed by atoms with Crippen molar-refractivity contribution in [3.63, 3.8) is 0 Å². The van der Waals surface area contributed by atoms with Gasteiger partial charge in [-0.15, -0.1) is 10.2 Å². The summed E-state index contributed by atoms with van der Waals surface area (Å²) in [6, 6.07) is 8.97. The first-order chi connectivity index (χ1) is 15.4. The summed E-state index contributed by atoms with van der Waals surface area (Å²) in [5.41, 5.74) is 6.05. The van der Waals surface area contributed by atoms with Gasteiger partial charge in [-0.2, -0.15) is 5.26 Å². The number of allylic oxidation sites excluding steroid dienone is 8. The predicted octanol–water partition coefficient (Wildman–Crippen LogP) is 6.98. The normalized spacial score (nSPS) is 20.4. The number of hydrogen-bond acceptors (Lipinski definition) is 3. The quantitative estimate of drug-likeness (QED) is 0.520. The van der Waals surface area contributed by atoms with E-state index in [4.69, 9.17) is 10.2 Å². The lowest BCUT2D eigenvalue weighted by atomic mass is 9.90. The molecule has 2 atom stereocenters. The fourth-order valence-electron chi connectivity index (χ4n) is 4.56. The van der Waals surface area contributed by atoms with E-state index >= 15 is 0 Å². The topological polar surface area (TPSA) is 54.5 Å². The summed E-state index contributed by atoms with van der Waals surface area (Å²) in [5, 5.41) is 18.8. The fraction of sp³-hybridized carbons (Fsp3) is 0.393. The number of para-hydroxylation sites is 1. The fourth-order valence-corrected chi connectivity index (χ4v) is 4.56. The van der Waals surface area contributed by atoms with Crippen molar-refractivity contribution in [3.05, 3.63) is 77.4 Å². The van der Waals surface area contributed by atoms with Gasteiger partial charge in [-0.3, -0.25) is 4.57 Å². The molecule has 0 saturated heterocycles. The van der Waals surface area contributed by atoms with Gasteiger partial charge in [0.25, 0.3) is 0 Å². The number of nitriles is 1. The Bertz CT molecular complexity index is 1140. The van der Waals surface area contributed by atoms with Crippen LogP contribution in [-0.2, 0) is 0 Å². The molecule has 0 saturated carbocycles. The summed E-state index contributed by atoms with van der Waals surface area (Å²) in [6.45, 7) is 11.2. The first-order valence-electron chi connectivity index (χ1n) is 11.7. The van der Waals surface area contributed by atoms with E-state index in [0.717, 1.165) is 23.6 Å². The molecule has 0 fully saturated rings. The van der Waals surface area contributed by atoms with E-state index < -0.39 is 0 Å². The van der Waals surface area contributed by atoms with Crippen LogP contribution in [0.3, 0.4) is 0 Å². The molecule has 2 aromatic rings. The number of rotatable bonds is 5. The molecule has 0 amide bonds. The molecule has 0 spiro atoms. The summed E-state index contributed by atoms with van der Waals surface area (Å²) < 4.78 is 2.29. The van der Waals surface area contributed by atoms with E-state index in [1.54, 1.807) is 0 Å². The highest BCUT2D eigenvalue weighted by atomic mass is 15.3. The third kappa shape index (κ3) is 4.00. The highest BCUT2D eigenvalue weighted by molar-refractivity contribution is 5.76. The van der Waals surface area contributed by atoms with Crippen molar-refractivity contribution in [3.8, 4) is 11.8 Å². The van der Waals surface area contributed by atoms with Crippen molar-refractivity contribution in [2.24, 2.45) is 11.8 Å². The molecule has 2 aliphatic rings. The number of hydrogen-bond donors (Lipinski definition) is 0. The standard InChI is InChI=1S/C28H32N4/c1-18(2)23-11-8-12-24(19(3)4)26(23)32-27(22-15-13-21(17-29)14-16-22)30-31-28(32)25-10-7-6-9-20(25)5/h6-8,10-13,15-16,18-21H,9,14H2,1-5H3/t20-,21+/m0/s1. The summed E-state index contributed by atoms with van der Waals surface area (Å²) in [7, 11) is 0. The molecule has 164 valence electrons. The predicted molar refractivity (Wildman–Crippen MR) is 131 cm³/mol. The van der Waals surface area contributed by atoms with Crippen LogP contribution >= 0.6 is 0 Å².